The lowest BCUT2D eigenvalue weighted by molar-refractivity contribution is -0.127. The van der Waals surface area contributed by atoms with E-state index >= 15 is 0 Å². The Kier molecular flexibility index (Phi) is 4.35. The van der Waals surface area contributed by atoms with E-state index in [-0.39, 0.29) is 11.9 Å². The standard InChI is InChI=1S/C13H22N2O/c1-10-5-4-6-11(8-7-10)15-12(16)13(2,3)9-14/h10-11H,4-8H2,1-3H3,(H,15,16). The highest BCUT2D eigenvalue weighted by molar-refractivity contribution is 5.84. The molecule has 3 heteroatoms. The Bertz CT molecular complexity index is 291. The van der Waals surface area contributed by atoms with Gasteiger partial charge >= 0.3 is 0 Å². The molecule has 0 aromatic heterocycles. The number of hydrogen-bond donors (Lipinski definition) is 1. The van der Waals surface area contributed by atoms with Crippen LogP contribution in [-0.4, -0.2) is 11.9 Å². The molecule has 0 bridgehead atoms. The Morgan fingerprint density at radius 2 is 2.00 bits per heavy atom. The van der Waals surface area contributed by atoms with Gasteiger partial charge in [0.1, 0.15) is 5.41 Å². The molecule has 1 amide bonds. The Morgan fingerprint density at radius 1 is 1.31 bits per heavy atom. The maximum absolute atomic E-state index is 11.8. The summed E-state index contributed by atoms with van der Waals surface area (Å²) in [5.74, 6) is 0.639. The van der Waals surface area contributed by atoms with E-state index in [0.29, 0.717) is 0 Å². The molecule has 16 heavy (non-hydrogen) atoms. The number of hydrogen-bond acceptors (Lipinski definition) is 2. The van der Waals surface area contributed by atoms with E-state index in [1.165, 1.54) is 19.3 Å². The van der Waals surface area contributed by atoms with E-state index in [9.17, 15) is 4.79 Å². The summed E-state index contributed by atoms with van der Waals surface area (Å²) in [6, 6.07) is 2.31. The van der Waals surface area contributed by atoms with Gasteiger partial charge in [-0.1, -0.05) is 19.8 Å². The first-order valence-corrected chi connectivity index (χ1v) is 6.18. The van der Waals surface area contributed by atoms with Crippen LogP contribution in [0.15, 0.2) is 0 Å². The summed E-state index contributed by atoms with van der Waals surface area (Å²) in [6.07, 6.45) is 5.72. The predicted molar refractivity (Wildman–Crippen MR) is 63.6 cm³/mol. The molecule has 90 valence electrons. The van der Waals surface area contributed by atoms with Gasteiger partial charge < -0.3 is 5.32 Å². The molecule has 1 fully saturated rings. The summed E-state index contributed by atoms with van der Waals surface area (Å²) < 4.78 is 0. The zero-order chi connectivity index (χ0) is 12.2. The smallest absolute Gasteiger partial charge is 0.240 e. The number of nitrogens with one attached hydrogen (secondary N) is 1. The highest BCUT2D eigenvalue weighted by Gasteiger charge is 2.29. The van der Waals surface area contributed by atoms with Crippen molar-refractivity contribution >= 4 is 5.91 Å². The van der Waals surface area contributed by atoms with Gasteiger partial charge in [0.2, 0.25) is 5.91 Å². The molecule has 0 aromatic carbocycles. The van der Waals surface area contributed by atoms with Gasteiger partial charge in [0, 0.05) is 6.04 Å². The second kappa shape index (κ2) is 5.34. The SMILES string of the molecule is CC1CCCC(NC(=O)C(C)(C)C#N)CC1. The van der Waals surface area contributed by atoms with Gasteiger partial charge in [0.05, 0.1) is 6.07 Å². The Morgan fingerprint density at radius 3 is 2.62 bits per heavy atom. The molecule has 1 aliphatic carbocycles. The molecule has 3 nitrogen and oxygen atoms in total. The maximum atomic E-state index is 11.8. The molecule has 1 rings (SSSR count). The molecular formula is C13H22N2O. The fourth-order valence-electron chi connectivity index (χ4n) is 2.05. The van der Waals surface area contributed by atoms with Crippen molar-refractivity contribution in [1.29, 1.82) is 5.26 Å². The molecule has 0 radical (unpaired) electrons. The molecule has 1 aliphatic rings. The highest BCUT2D eigenvalue weighted by atomic mass is 16.2. The number of rotatable bonds is 2. The summed E-state index contributed by atoms with van der Waals surface area (Å²) in [7, 11) is 0. The molecule has 0 aromatic rings. The molecular weight excluding hydrogens is 200 g/mol. The number of amides is 1. The summed E-state index contributed by atoms with van der Waals surface area (Å²) in [6.45, 7) is 5.60. The minimum Gasteiger partial charge on any atom is -0.352 e. The van der Waals surface area contributed by atoms with Crippen molar-refractivity contribution in [3.05, 3.63) is 0 Å². The fourth-order valence-corrected chi connectivity index (χ4v) is 2.05. The van der Waals surface area contributed by atoms with Crippen molar-refractivity contribution in [3.8, 4) is 6.07 Å². The van der Waals surface area contributed by atoms with Gasteiger partial charge in [-0.15, -0.1) is 0 Å². The van der Waals surface area contributed by atoms with Gasteiger partial charge in [0.25, 0.3) is 0 Å². The Balaban J connectivity index is 2.48. The molecule has 0 heterocycles. The third-order valence-electron chi connectivity index (χ3n) is 3.44. The van der Waals surface area contributed by atoms with Crippen LogP contribution in [-0.2, 0) is 4.79 Å². The van der Waals surface area contributed by atoms with E-state index in [1.54, 1.807) is 13.8 Å². The second-order valence-electron chi connectivity index (χ2n) is 5.52. The van der Waals surface area contributed by atoms with Crippen LogP contribution in [0.25, 0.3) is 0 Å². The van der Waals surface area contributed by atoms with Crippen LogP contribution >= 0.6 is 0 Å². The molecule has 0 aliphatic heterocycles. The fraction of sp³-hybridized carbons (Fsp3) is 0.846. The second-order valence-corrected chi connectivity index (χ2v) is 5.52. The van der Waals surface area contributed by atoms with Gasteiger partial charge in [-0.2, -0.15) is 5.26 Å². The van der Waals surface area contributed by atoms with Crippen LogP contribution < -0.4 is 5.32 Å². The van der Waals surface area contributed by atoms with Crippen LogP contribution in [0.4, 0.5) is 0 Å². The topological polar surface area (TPSA) is 52.9 Å². The van der Waals surface area contributed by atoms with Gasteiger partial charge in [-0.3, -0.25) is 4.79 Å². The quantitative estimate of drug-likeness (QED) is 0.730. The average Bonchev–Trinajstić information content (AvgIpc) is 2.44. The van der Waals surface area contributed by atoms with Crippen LogP contribution in [0, 0.1) is 22.7 Å². The number of nitrogens with zero attached hydrogens (tertiary/aromatic N) is 1. The molecule has 1 saturated carbocycles. The van der Waals surface area contributed by atoms with E-state index in [4.69, 9.17) is 5.26 Å². The van der Waals surface area contributed by atoms with E-state index < -0.39 is 5.41 Å². The largest absolute Gasteiger partial charge is 0.352 e. The number of nitriles is 1. The summed E-state index contributed by atoms with van der Waals surface area (Å²) in [5, 5.41) is 11.9. The van der Waals surface area contributed by atoms with Crippen LogP contribution in [0.3, 0.4) is 0 Å². The Hall–Kier alpha value is -1.04. The van der Waals surface area contributed by atoms with Gasteiger partial charge in [-0.25, -0.2) is 0 Å². The lowest BCUT2D eigenvalue weighted by atomic mass is 9.93. The van der Waals surface area contributed by atoms with Crippen LogP contribution in [0.1, 0.15) is 52.9 Å². The third kappa shape index (κ3) is 3.52. The van der Waals surface area contributed by atoms with Crippen LogP contribution in [0.2, 0.25) is 0 Å². The minimum absolute atomic E-state index is 0.130. The zero-order valence-electron chi connectivity index (χ0n) is 10.5. The van der Waals surface area contributed by atoms with Gasteiger partial charge in [0.15, 0.2) is 0 Å². The lowest BCUT2D eigenvalue weighted by Gasteiger charge is -2.21. The molecule has 2 unspecified atom stereocenters. The van der Waals surface area contributed by atoms with E-state index in [2.05, 4.69) is 12.2 Å². The average molecular weight is 222 g/mol. The monoisotopic (exact) mass is 222 g/mol. The van der Waals surface area contributed by atoms with Crippen molar-refractivity contribution in [2.45, 2.75) is 58.9 Å². The predicted octanol–water partition coefficient (Wildman–Crippen LogP) is 2.62. The van der Waals surface area contributed by atoms with E-state index in [1.807, 2.05) is 6.07 Å². The first-order chi connectivity index (χ1) is 7.45. The summed E-state index contributed by atoms with van der Waals surface area (Å²) in [5.41, 5.74) is -0.905. The van der Waals surface area contributed by atoms with Crippen molar-refractivity contribution in [1.82, 2.24) is 5.32 Å². The Labute approximate surface area is 98.2 Å². The van der Waals surface area contributed by atoms with Crippen LogP contribution in [0.5, 0.6) is 0 Å². The summed E-state index contributed by atoms with van der Waals surface area (Å²) >= 11 is 0. The third-order valence-corrected chi connectivity index (χ3v) is 3.44. The molecule has 1 N–H and O–H groups in total. The normalized spacial score (nSPS) is 26.6. The first kappa shape index (κ1) is 13.0. The molecule has 0 saturated heterocycles. The lowest BCUT2D eigenvalue weighted by Crippen LogP contribution is -2.42. The number of carbonyl (C=O) groups excluding carboxylic acids is 1. The van der Waals surface area contributed by atoms with Crippen molar-refractivity contribution in [3.63, 3.8) is 0 Å². The van der Waals surface area contributed by atoms with Gasteiger partial charge in [-0.05, 0) is 39.0 Å². The summed E-state index contributed by atoms with van der Waals surface area (Å²) in [4.78, 5) is 11.8. The van der Waals surface area contributed by atoms with Crippen molar-refractivity contribution in [2.75, 3.05) is 0 Å². The van der Waals surface area contributed by atoms with Crippen molar-refractivity contribution < 1.29 is 4.79 Å². The molecule has 0 spiro atoms. The number of carbonyl (C=O) groups is 1. The molecule has 2 atom stereocenters. The maximum Gasteiger partial charge on any atom is 0.240 e. The highest BCUT2D eigenvalue weighted by Crippen LogP contribution is 2.23. The first-order valence-electron chi connectivity index (χ1n) is 6.18. The zero-order valence-corrected chi connectivity index (χ0v) is 10.5. The van der Waals surface area contributed by atoms with E-state index in [0.717, 1.165) is 18.8 Å². The van der Waals surface area contributed by atoms with Crippen molar-refractivity contribution in [2.24, 2.45) is 11.3 Å². The minimum atomic E-state index is -0.905.